The Morgan fingerprint density at radius 3 is 2.59 bits per heavy atom. The Balaban J connectivity index is 2.50. The van der Waals surface area contributed by atoms with Gasteiger partial charge in [-0.15, -0.1) is 0 Å². The van der Waals surface area contributed by atoms with Crippen LogP contribution in [0.15, 0.2) is 24.3 Å². The van der Waals surface area contributed by atoms with Crippen molar-refractivity contribution in [2.75, 3.05) is 13.6 Å². The van der Waals surface area contributed by atoms with Crippen molar-refractivity contribution in [3.63, 3.8) is 0 Å². The fourth-order valence-corrected chi connectivity index (χ4v) is 1.75. The topological polar surface area (TPSA) is 23.5 Å². The van der Waals surface area contributed by atoms with Crippen molar-refractivity contribution in [1.29, 1.82) is 0 Å². The van der Waals surface area contributed by atoms with Gasteiger partial charge in [0.1, 0.15) is 5.82 Å². The SMILES string of the molecule is CCC(C)C(O)CN(C)Cc1ccccc1F. The lowest BCUT2D eigenvalue weighted by Crippen LogP contribution is -2.33. The van der Waals surface area contributed by atoms with Crippen LogP contribution in [-0.2, 0) is 6.54 Å². The van der Waals surface area contributed by atoms with Crippen LogP contribution in [0.1, 0.15) is 25.8 Å². The molecule has 1 aromatic carbocycles. The maximum Gasteiger partial charge on any atom is 0.127 e. The van der Waals surface area contributed by atoms with Gasteiger partial charge in [-0.3, -0.25) is 4.90 Å². The average Bonchev–Trinajstić information content (AvgIpc) is 2.31. The van der Waals surface area contributed by atoms with Crippen LogP contribution in [0.5, 0.6) is 0 Å². The van der Waals surface area contributed by atoms with Gasteiger partial charge < -0.3 is 5.11 Å². The first-order valence-electron chi connectivity index (χ1n) is 6.14. The fourth-order valence-electron chi connectivity index (χ4n) is 1.75. The average molecular weight is 239 g/mol. The molecule has 0 amide bonds. The van der Waals surface area contributed by atoms with E-state index < -0.39 is 0 Å². The predicted octanol–water partition coefficient (Wildman–Crippen LogP) is 2.66. The van der Waals surface area contributed by atoms with Crippen LogP contribution in [0.25, 0.3) is 0 Å². The first kappa shape index (κ1) is 14.1. The maximum absolute atomic E-state index is 13.4. The van der Waals surface area contributed by atoms with E-state index in [0.29, 0.717) is 18.7 Å². The van der Waals surface area contributed by atoms with E-state index in [1.807, 2.05) is 24.9 Å². The molecule has 2 nitrogen and oxygen atoms in total. The minimum Gasteiger partial charge on any atom is -0.392 e. The summed E-state index contributed by atoms with van der Waals surface area (Å²) in [6.45, 7) is 5.19. The highest BCUT2D eigenvalue weighted by Gasteiger charge is 2.15. The summed E-state index contributed by atoms with van der Waals surface area (Å²) in [4.78, 5) is 1.95. The fraction of sp³-hybridized carbons (Fsp3) is 0.571. The van der Waals surface area contributed by atoms with Crippen molar-refractivity contribution in [2.45, 2.75) is 32.9 Å². The van der Waals surface area contributed by atoms with Crippen molar-refractivity contribution in [1.82, 2.24) is 4.90 Å². The summed E-state index contributed by atoms with van der Waals surface area (Å²) in [5.74, 6) is 0.0930. The molecule has 2 unspecified atom stereocenters. The van der Waals surface area contributed by atoms with E-state index in [1.165, 1.54) is 6.07 Å². The van der Waals surface area contributed by atoms with Gasteiger partial charge in [-0.05, 0) is 19.0 Å². The Labute approximate surface area is 103 Å². The lowest BCUT2D eigenvalue weighted by molar-refractivity contribution is 0.0751. The molecular formula is C14H22FNO. The number of rotatable bonds is 6. The molecule has 0 saturated heterocycles. The molecular weight excluding hydrogens is 217 g/mol. The lowest BCUT2D eigenvalue weighted by Gasteiger charge is -2.24. The predicted molar refractivity (Wildman–Crippen MR) is 68.2 cm³/mol. The third-order valence-electron chi connectivity index (χ3n) is 3.20. The quantitative estimate of drug-likeness (QED) is 0.825. The molecule has 2 atom stereocenters. The van der Waals surface area contributed by atoms with E-state index in [1.54, 1.807) is 12.1 Å². The molecule has 1 N–H and O–H groups in total. The van der Waals surface area contributed by atoms with Crippen molar-refractivity contribution in [3.8, 4) is 0 Å². The van der Waals surface area contributed by atoms with Crippen LogP contribution in [0, 0.1) is 11.7 Å². The molecule has 0 fully saturated rings. The van der Waals surface area contributed by atoms with E-state index in [9.17, 15) is 9.50 Å². The summed E-state index contributed by atoms with van der Waals surface area (Å²) in [7, 11) is 1.90. The molecule has 0 spiro atoms. The van der Waals surface area contributed by atoms with Crippen molar-refractivity contribution >= 4 is 0 Å². The highest BCUT2D eigenvalue weighted by molar-refractivity contribution is 5.16. The molecule has 1 rings (SSSR count). The van der Waals surface area contributed by atoms with Crippen LogP contribution < -0.4 is 0 Å². The summed E-state index contributed by atoms with van der Waals surface area (Å²) in [5, 5.41) is 9.90. The monoisotopic (exact) mass is 239 g/mol. The smallest absolute Gasteiger partial charge is 0.127 e. The molecule has 17 heavy (non-hydrogen) atoms. The second-order valence-electron chi connectivity index (χ2n) is 4.74. The van der Waals surface area contributed by atoms with Gasteiger partial charge in [0.25, 0.3) is 0 Å². The summed E-state index contributed by atoms with van der Waals surface area (Å²) in [5.41, 5.74) is 0.673. The zero-order valence-electron chi connectivity index (χ0n) is 10.9. The Morgan fingerprint density at radius 1 is 1.35 bits per heavy atom. The van der Waals surface area contributed by atoms with Gasteiger partial charge in [-0.1, -0.05) is 38.5 Å². The molecule has 96 valence electrons. The maximum atomic E-state index is 13.4. The van der Waals surface area contributed by atoms with Crippen molar-refractivity contribution < 1.29 is 9.50 Å². The number of likely N-dealkylation sites (N-methyl/N-ethyl adjacent to an activating group) is 1. The minimum absolute atomic E-state index is 0.183. The van der Waals surface area contributed by atoms with Crippen LogP contribution >= 0.6 is 0 Å². The number of nitrogens with zero attached hydrogens (tertiary/aromatic N) is 1. The second-order valence-corrected chi connectivity index (χ2v) is 4.74. The normalized spacial score (nSPS) is 14.9. The first-order valence-corrected chi connectivity index (χ1v) is 6.14. The van der Waals surface area contributed by atoms with E-state index in [4.69, 9.17) is 0 Å². The summed E-state index contributed by atoms with van der Waals surface area (Å²) >= 11 is 0. The van der Waals surface area contributed by atoms with Gasteiger partial charge in [0, 0.05) is 18.7 Å². The molecule has 0 aromatic heterocycles. The van der Waals surface area contributed by atoms with E-state index in [0.717, 1.165) is 6.42 Å². The van der Waals surface area contributed by atoms with Crippen LogP contribution in [0.4, 0.5) is 4.39 Å². The number of benzene rings is 1. The summed E-state index contributed by atoms with van der Waals surface area (Å²) in [6, 6.07) is 6.76. The number of hydrogen-bond donors (Lipinski definition) is 1. The van der Waals surface area contributed by atoms with Gasteiger partial charge in [0.2, 0.25) is 0 Å². The van der Waals surface area contributed by atoms with Gasteiger partial charge in [0.05, 0.1) is 6.10 Å². The number of aliphatic hydroxyl groups is 1. The number of halogens is 1. The van der Waals surface area contributed by atoms with Gasteiger partial charge in [-0.25, -0.2) is 4.39 Å². The molecule has 0 saturated carbocycles. The Hall–Kier alpha value is -0.930. The van der Waals surface area contributed by atoms with Crippen LogP contribution in [-0.4, -0.2) is 29.7 Å². The third kappa shape index (κ3) is 4.44. The third-order valence-corrected chi connectivity index (χ3v) is 3.20. The first-order chi connectivity index (χ1) is 8.04. The van der Waals surface area contributed by atoms with Crippen LogP contribution in [0.2, 0.25) is 0 Å². The Kier molecular flexibility index (Phi) is 5.59. The Bertz CT molecular complexity index is 343. The Morgan fingerprint density at radius 2 is 2.00 bits per heavy atom. The largest absolute Gasteiger partial charge is 0.392 e. The van der Waals surface area contributed by atoms with Gasteiger partial charge in [0.15, 0.2) is 0 Å². The number of hydrogen-bond acceptors (Lipinski definition) is 2. The minimum atomic E-state index is -0.350. The van der Waals surface area contributed by atoms with E-state index in [2.05, 4.69) is 6.92 Å². The van der Waals surface area contributed by atoms with Crippen molar-refractivity contribution in [2.24, 2.45) is 5.92 Å². The molecule has 1 aromatic rings. The summed E-state index contributed by atoms with van der Waals surface area (Å²) < 4.78 is 13.4. The van der Waals surface area contributed by atoms with Crippen LogP contribution in [0.3, 0.4) is 0 Å². The summed E-state index contributed by atoms with van der Waals surface area (Å²) in [6.07, 6.45) is 0.603. The standard InChI is InChI=1S/C14H22FNO/c1-4-11(2)14(17)10-16(3)9-12-7-5-6-8-13(12)15/h5-8,11,14,17H,4,9-10H2,1-3H3. The molecule has 0 bridgehead atoms. The molecule has 0 aliphatic carbocycles. The molecule has 0 radical (unpaired) electrons. The zero-order valence-corrected chi connectivity index (χ0v) is 10.9. The zero-order chi connectivity index (χ0) is 12.8. The van der Waals surface area contributed by atoms with Crippen molar-refractivity contribution in [3.05, 3.63) is 35.6 Å². The number of aliphatic hydroxyl groups excluding tert-OH is 1. The van der Waals surface area contributed by atoms with E-state index >= 15 is 0 Å². The lowest BCUT2D eigenvalue weighted by atomic mass is 10.0. The molecule has 0 aliphatic rings. The molecule has 0 aliphatic heterocycles. The van der Waals surface area contributed by atoms with Gasteiger partial charge in [-0.2, -0.15) is 0 Å². The van der Waals surface area contributed by atoms with E-state index in [-0.39, 0.29) is 17.8 Å². The molecule has 0 heterocycles. The molecule has 3 heteroatoms. The highest BCUT2D eigenvalue weighted by atomic mass is 19.1. The highest BCUT2D eigenvalue weighted by Crippen LogP contribution is 2.12. The van der Waals surface area contributed by atoms with Gasteiger partial charge >= 0.3 is 0 Å². The second kappa shape index (κ2) is 6.72.